The molecule has 0 saturated heterocycles. The molecule has 3 nitrogen and oxygen atoms in total. The van der Waals surface area contributed by atoms with E-state index in [9.17, 15) is 5.11 Å². The Hall–Kier alpha value is -1.84. The first-order valence-corrected chi connectivity index (χ1v) is 9.31. The zero-order valence-electron chi connectivity index (χ0n) is 16.0. The van der Waals surface area contributed by atoms with Gasteiger partial charge in [0.25, 0.3) is 0 Å². The minimum atomic E-state index is -0.891. The summed E-state index contributed by atoms with van der Waals surface area (Å²) >= 11 is 0. The highest BCUT2D eigenvalue weighted by atomic mass is 16.5. The molecule has 25 heavy (non-hydrogen) atoms. The SMILES string of the molecule is CCCC(O)(c1ccc(OCC)cc1)C(C[NH+](C)C)c1ccccc1. The maximum Gasteiger partial charge on any atom is 0.119 e. The zero-order valence-corrected chi connectivity index (χ0v) is 16.0. The summed E-state index contributed by atoms with van der Waals surface area (Å²) in [6, 6.07) is 18.3. The first kappa shape index (κ1) is 19.5. The quantitative estimate of drug-likeness (QED) is 0.734. The van der Waals surface area contributed by atoms with Crippen LogP contribution in [0.4, 0.5) is 0 Å². The van der Waals surface area contributed by atoms with Gasteiger partial charge in [0.1, 0.15) is 11.4 Å². The number of hydrogen-bond acceptors (Lipinski definition) is 2. The fourth-order valence-electron chi connectivity index (χ4n) is 3.56. The predicted molar refractivity (Wildman–Crippen MR) is 103 cm³/mol. The van der Waals surface area contributed by atoms with Crippen molar-refractivity contribution < 1.29 is 14.7 Å². The Labute approximate surface area is 152 Å². The molecule has 0 fully saturated rings. The summed E-state index contributed by atoms with van der Waals surface area (Å²) in [6.45, 7) is 5.62. The highest BCUT2D eigenvalue weighted by molar-refractivity contribution is 5.35. The molecule has 2 N–H and O–H groups in total. The van der Waals surface area contributed by atoms with Gasteiger partial charge in [0, 0.05) is 0 Å². The van der Waals surface area contributed by atoms with Crippen molar-refractivity contribution in [3.63, 3.8) is 0 Å². The van der Waals surface area contributed by atoms with Crippen LogP contribution in [0.2, 0.25) is 0 Å². The molecule has 2 rings (SSSR count). The van der Waals surface area contributed by atoms with Gasteiger partial charge in [0.2, 0.25) is 0 Å². The van der Waals surface area contributed by atoms with Crippen molar-refractivity contribution in [3.8, 4) is 5.75 Å². The van der Waals surface area contributed by atoms with E-state index in [0.717, 1.165) is 30.7 Å². The zero-order chi connectivity index (χ0) is 18.3. The van der Waals surface area contributed by atoms with Crippen molar-refractivity contribution in [1.29, 1.82) is 0 Å². The molecule has 0 bridgehead atoms. The summed E-state index contributed by atoms with van der Waals surface area (Å²) in [5.74, 6) is 0.885. The molecule has 0 spiro atoms. The van der Waals surface area contributed by atoms with Crippen LogP contribution in [0.25, 0.3) is 0 Å². The van der Waals surface area contributed by atoms with Gasteiger partial charge >= 0.3 is 0 Å². The molecule has 0 aliphatic rings. The van der Waals surface area contributed by atoms with E-state index >= 15 is 0 Å². The largest absolute Gasteiger partial charge is 0.494 e. The Morgan fingerprint density at radius 2 is 1.64 bits per heavy atom. The van der Waals surface area contributed by atoms with Gasteiger partial charge in [0.05, 0.1) is 33.2 Å². The molecule has 0 aliphatic heterocycles. The van der Waals surface area contributed by atoms with Crippen LogP contribution in [-0.2, 0) is 5.60 Å². The minimum Gasteiger partial charge on any atom is -0.494 e. The topological polar surface area (TPSA) is 33.9 Å². The highest BCUT2D eigenvalue weighted by Crippen LogP contribution is 2.40. The van der Waals surface area contributed by atoms with Crippen molar-refractivity contribution >= 4 is 0 Å². The molecule has 0 amide bonds. The lowest BCUT2D eigenvalue weighted by atomic mass is 9.74. The number of hydrogen-bond donors (Lipinski definition) is 2. The number of aliphatic hydroxyl groups is 1. The Morgan fingerprint density at radius 3 is 2.16 bits per heavy atom. The van der Waals surface area contributed by atoms with Crippen LogP contribution in [0, 0.1) is 0 Å². The third-order valence-corrected chi connectivity index (χ3v) is 4.69. The molecule has 0 heterocycles. The summed E-state index contributed by atoms with van der Waals surface area (Å²) in [4.78, 5) is 1.33. The van der Waals surface area contributed by atoms with Gasteiger partial charge in [-0.15, -0.1) is 0 Å². The second kappa shape index (κ2) is 9.02. The van der Waals surface area contributed by atoms with E-state index in [1.807, 2.05) is 37.3 Å². The Bertz CT molecular complexity index is 624. The normalized spacial score (nSPS) is 15.0. The third-order valence-electron chi connectivity index (χ3n) is 4.69. The molecule has 0 saturated carbocycles. The van der Waals surface area contributed by atoms with Crippen molar-refractivity contribution in [2.45, 2.75) is 38.2 Å². The van der Waals surface area contributed by atoms with Crippen LogP contribution >= 0.6 is 0 Å². The lowest BCUT2D eigenvalue weighted by molar-refractivity contribution is -0.861. The lowest BCUT2D eigenvalue weighted by Crippen LogP contribution is -3.06. The molecule has 0 radical (unpaired) electrons. The number of rotatable bonds is 9. The van der Waals surface area contributed by atoms with Gasteiger partial charge in [-0.05, 0) is 36.6 Å². The second-order valence-electron chi connectivity index (χ2n) is 7.01. The molecule has 2 atom stereocenters. The van der Waals surface area contributed by atoms with E-state index in [2.05, 4.69) is 45.3 Å². The smallest absolute Gasteiger partial charge is 0.119 e. The number of likely N-dealkylation sites (N-methyl/N-ethyl adjacent to an activating group) is 1. The van der Waals surface area contributed by atoms with Gasteiger partial charge < -0.3 is 14.7 Å². The summed E-state index contributed by atoms with van der Waals surface area (Å²) < 4.78 is 5.56. The van der Waals surface area contributed by atoms with Gasteiger partial charge in [-0.25, -0.2) is 0 Å². The second-order valence-corrected chi connectivity index (χ2v) is 7.01. The van der Waals surface area contributed by atoms with E-state index in [1.165, 1.54) is 10.5 Å². The minimum absolute atomic E-state index is 0.0385. The van der Waals surface area contributed by atoms with E-state index in [4.69, 9.17) is 4.74 Å². The predicted octanol–water partition coefficient (Wildman–Crippen LogP) is 3.00. The van der Waals surface area contributed by atoms with Gasteiger partial charge in [0.15, 0.2) is 0 Å². The van der Waals surface area contributed by atoms with Crippen LogP contribution in [0.3, 0.4) is 0 Å². The lowest BCUT2D eigenvalue weighted by Gasteiger charge is -2.37. The van der Waals surface area contributed by atoms with Crippen LogP contribution in [0.5, 0.6) is 5.75 Å². The average molecular weight is 343 g/mol. The Balaban J connectivity index is 2.45. The number of nitrogens with one attached hydrogen (secondary N) is 1. The van der Waals surface area contributed by atoms with Crippen molar-refractivity contribution in [2.24, 2.45) is 0 Å². The molecule has 2 unspecified atom stereocenters. The van der Waals surface area contributed by atoms with E-state index in [-0.39, 0.29) is 5.92 Å². The molecule has 0 aliphatic carbocycles. The summed E-state index contributed by atoms with van der Waals surface area (Å²) in [5, 5.41) is 11.8. The summed E-state index contributed by atoms with van der Waals surface area (Å²) in [7, 11) is 4.28. The molecule has 0 aromatic heterocycles. The fraction of sp³-hybridized carbons (Fsp3) is 0.455. The number of quaternary nitrogens is 1. The van der Waals surface area contributed by atoms with Gasteiger partial charge in [-0.1, -0.05) is 55.8 Å². The van der Waals surface area contributed by atoms with E-state index in [1.54, 1.807) is 0 Å². The van der Waals surface area contributed by atoms with E-state index < -0.39 is 5.60 Å². The van der Waals surface area contributed by atoms with Crippen LogP contribution < -0.4 is 9.64 Å². The standard InChI is InChI=1S/C22H31NO2/c1-5-16-22(24,19-12-14-20(15-13-19)25-6-2)21(17-23(3)4)18-10-8-7-9-11-18/h7-15,21,24H,5-6,16-17H2,1-4H3/p+1. The maximum absolute atomic E-state index is 11.8. The van der Waals surface area contributed by atoms with Crippen molar-refractivity contribution in [1.82, 2.24) is 0 Å². The first-order chi connectivity index (χ1) is 12.0. The Kier molecular flexibility index (Phi) is 7.03. The van der Waals surface area contributed by atoms with Gasteiger partial charge in [-0.3, -0.25) is 0 Å². The molecule has 2 aromatic carbocycles. The fourth-order valence-corrected chi connectivity index (χ4v) is 3.56. The molecule has 3 heteroatoms. The van der Waals surface area contributed by atoms with Crippen LogP contribution in [0.1, 0.15) is 43.7 Å². The Morgan fingerprint density at radius 1 is 1.00 bits per heavy atom. The maximum atomic E-state index is 11.8. The highest BCUT2D eigenvalue weighted by Gasteiger charge is 2.40. The number of ether oxygens (including phenoxy) is 1. The van der Waals surface area contributed by atoms with Crippen molar-refractivity contribution in [3.05, 3.63) is 65.7 Å². The molecular weight excluding hydrogens is 310 g/mol. The molecular formula is C22H32NO2+. The summed E-state index contributed by atoms with van der Waals surface area (Å²) in [5.41, 5.74) is 1.26. The summed E-state index contributed by atoms with van der Waals surface area (Å²) in [6.07, 6.45) is 1.66. The van der Waals surface area contributed by atoms with Crippen LogP contribution in [0.15, 0.2) is 54.6 Å². The van der Waals surface area contributed by atoms with Gasteiger partial charge in [-0.2, -0.15) is 0 Å². The third kappa shape index (κ3) is 4.83. The van der Waals surface area contributed by atoms with Crippen molar-refractivity contribution in [2.75, 3.05) is 27.2 Å². The number of benzene rings is 2. The van der Waals surface area contributed by atoms with E-state index in [0.29, 0.717) is 6.61 Å². The molecule has 136 valence electrons. The molecule has 2 aromatic rings. The van der Waals surface area contributed by atoms with Crippen LogP contribution in [-0.4, -0.2) is 32.4 Å². The monoisotopic (exact) mass is 342 g/mol. The first-order valence-electron chi connectivity index (χ1n) is 9.31. The average Bonchev–Trinajstić information content (AvgIpc) is 2.61.